The van der Waals surface area contributed by atoms with Crippen molar-refractivity contribution < 1.29 is 9.73 Å². The standard InChI is InChI=1S/C17H15BrClN3O/c1-11(12-6-8-13(19)9-7-12)20-10-16-21-22-17(23-16)14-4-2-3-5-15(14)18/h2-9,11,20H,10H2,1H3/p+1/t11-/m1/s1. The molecule has 0 aliphatic heterocycles. The van der Waals surface area contributed by atoms with Gasteiger partial charge in [-0.25, -0.2) is 0 Å². The molecule has 4 nitrogen and oxygen atoms in total. The highest BCUT2D eigenvalue weighted by Gasteiger charge is 2.14. The zero-order valence-corrected chi connectivity index (χ0v) is 14.9. The molecule has 3 aromatic rings. The van der Waals surface area contributed by atoms with E-state index in [9.17, 15) is 0 Å². The van der Waals surface area contributed by atoms with E-state index < -0.39 is 0 Å². The summed E-state index contributed by atoms with van der Waals surface area (Å²) in [5.41, 5.74) is 2.11. The van der Waals surface area contributed by atoms with Crippen LogP contribution < -0.4 is 5.32 Å². The molecule has 0 aliphatic rings. The second-order valence-electron chi connectivity index (χ2n) is 5.26. The van der Waals surface area contributed by atoms with E-state index >= 15 is 0 Å². The van der Waals surface area contributed by atoms with Crippen LogP contribution in [0.1, 0.15) is 24.4 Å². The third-order valence-electron chi connectivity index (χ3n) is 3.61. The van der Waals surface area contributed by atoms with Crippen LogP contribution in [0.4, 0.5) is 0 Å². The first-order valence-corrected chi connectivity index (χ1v) is 8.46. The predicted molar refractivity (Wildman–Crippen MR) is 92.9 cm³/mol. The van der Waals surface area contributed by atoms with Gasteiger partial charge in [-0.15, -0.1) is 10.2 Å². The molecular formula is C17H16BrClN3O+. The Bertz CT molecular complexity index is 789. The largest absolute Gasteiger partial charge is 0.415 e. The van der Waals surface area contributed by atoms with Gasteiger partial charge in [-0.3, -0.25) is 0 Å². The summed E-state index contributed by atoms with van der Waals surface area (Å²) < 4.78 is 6.69. The topological polar surface area (TPSA) is 55.5 Å². The van der Waals surface area contributed by atoms with Crippen LogP contribution in [0, 0.1) is 0 Å². The van der Waals surface area contributed by atoms with Crippen molar-refractivity contribution in [1.82, 2.24) is 10.2 Å². The summed E-state index contributed by atoms with van der Waals surface area (Å²) in [5, 5.41) is 11.1. The van der Waals surface area contributed by atoms with Gasteiger partial charge in [-0.1, -0.05) is 35.9 Å². The van der Waals surface area contributed by atoms with Gasteiger partial charge in [-0.2, -0.15) is 0 Å². The lowest BCUT2D eigenvalue weighted by atomic mass is 10.1. The Morgan fingerprint density at radius 1 is 1.13 bits per heavy atom. The van der Waals surface area contributed by atoms with Crippen molar-refractivity contribution in [3.05, 3.63) is 69.5 Å². The number of nitrogens with zero attached hydrogens (tertiary/aromatic N) is 2. The molecule has 0 aliphatic carbocycles. The number of rotatable bonds is 5. The molecule has 1 aromatic heterocycles. The van der Waals surface area contributed by atoms with Gasteiger partial charge in [0.05, 0.1) is 5.56 Å². The Morgan fingerprint density at radius 3 is 2.61 bits per heavy atom. The Hall–Kier alpha value is -1.69. The van der Waals surface area contributed by atoms with E-state index in [-0.39, 0.29) is 6.04 Å². The molecule has 3 rings (SSSR count). The summed E-state index contributed by atoms with van der Waals surface area (Å²) in [6, 6.07) is 15.9. The van der Waals surface area contributed by atoms with Crippen LogP contribution >= 0.6 is 27.5 Å². The minimum absolute atomic E-state index is 0.283. The first kappa shape index (κ1) is 16.2. The molecule has 2 aromatic carbocycles. The fraction of sp³-hybridized carbons (Fsp3) is 0.176. The van der Waals surface area contributed by atoms with Crippen molar-refractivity contribution in [3.8, 4) is 11.5 Å². The third-order valence-corrected chi connectivity index (χ3v) is 4.56. The molecule has 23 heavy (non-hydrogen) atoms. The quantitative estimate of drug-likeness (QED) is 0.713. The molecule has 1 atom stereocenters. The molecule has 0 amide bonds. The van der Waals surface area contributed by atoms with Crippen LogP contribution in [0.2, 0.25) is 5.02 Å². The van der Waals surface area contributed by atoms with E-state index in [2.05, 4.69) is 38.4 Å². The van der Waals surface area contributed by atoms with Crippen LogP contribution in [0.25, 0.3) is 11.5 Å². The smallest absolute Gasteiger partial charge is 0.271 e. The first-order valence-electron chi connectivity index (χ1n) is 7.29. The molecule has 6 heteroatoms. The van der Waals surface area contributed by atoms with E-state index in [1.54, 1.807) is 0 Å². The lowest BCUT2D eigenvalue weighted by Crippen LogP contribution is -2.83. The molecule has 0 unspecified atom stereocenters. The zero-order valence-electron chi connectivity index (χ0n) is 12.5. The van der Waals surface area contributed by atoms with Crippen molar-refractivity contribution in [1.29, 1.82) is 0 Å². The van der Waals surface area contributed by atoms with Gasteiger partial charge in [0.1, 0.15) is 6.04 Å². The highest BCUT2D eigenvalue weighted by Crippen LogP contribution is 2.26. The highest BCUT2D eigenvalue weighted by atomic mass is 79.9. The molecule has 0 radical (unpaired) electrons. The van der Waals surface area contributed by atoms with Crippen molar-refractivity contribution >= 4 is 27.5 Å². The molecule has 118 valence electrons. The van der Waals surface area contributed by atoms with Crippen LogP contribution in [0.5, 0.6) is 0 Å². The Balaban J connectivity index is 1.65. The van der Waals surface area contributed by atoms with Gasteiger partial charge in [-0.05, 0) is 47.1 Å². The molecule has 1 heterocycles. The highest BCUT2D eigenvalue weighted by molar-refractivity contribution is 9.10. The normalized spacial score (nSPS) is 12.3. The van der Waals surface area contributed by atoms with Crippen LogP contribution in [-0.4, -0.2) is 10.2 Å². The average molecular weight is 394 g/mol. The Morgan fingerprint density at radius 2 is 1.87 bits per heavy atom. The van der Waals surface area contributed by atoms with Gasteiger partial charge in [0.25, 0.3) is 5.89 Å². The van der Waals surface area contributed by atoms with Gasteiger partial charge >= 0.3 is 0 Å². The van der Waals surface area contributed by atoms with Crippen LogP contribution in [-0.2, 0) is 6.54 Å². The summed E-state index contributed by atoms with van der Waals surface area (Å²) in [6.45, 7) is 2.76. The van der Waals surface area contributed by atoms with Gasteiger partial charge in [0, 0.05) is 15.1 Å². The minimum Gasteiger partial charge on any atom is -0.415 e. The van der Waals surface area contributed by atoms with E-state index in [1.165, 1.54) is 5.56 Å². The lowest BCUT2D eigenvalue weighted by Gasteiger charge is -2.09. The van der Waals surface area contributed by atoms with E-state index in [4.69, 9.17) is 16.0 Å². The summed E-state index contributed by atoms with van der Waals surface area (Å²) in [6.07, 6.45) is 0. The van der Waals surface area contributed by atoms with Crippen LogP contribution in [0.15, 0.2) is 57.4 Å². The van der Waals surface area contributed by atoms with Crippen molar-refractivity contribution in [2.45, 2.75) is 19.5 Å². The molecule has 0 fully saturated rings. The zero-order chi connectivity index (χ0) is 16.2. The number of aromatic nitrogens is 2. The third kappa shape index (κ3) is 3.99. The molecule has 0 bridgehead atoms. The number of hydrogen-bond donors (Lipinski definition) is 1. The summed E-state index contributed by atoms with van der Waals surface area (Å²) in [5.74, 6) is 1.14. The second-order valence-corrected chi connectivity index (χ2v) is 6.55. The number of nitrogens with two attached hydrogens (primary N) is 1. The summed E-state index contributed by atoms with van der Waals surface area (Å²) in [7, 11) is 0. The van der Waals surface area contributed by atoms with E-state index in [0.29, 0.717) is 18.3 Å². The Labute approximate surface area is 148 Å². The number of benzene rings is 2. The fourth-order valence-electron chi connectivity index (χ4n) is 2.26. The molecule has 0 saturated heterocycles. The van der Waals surface area contributed by atoms with Crippen molar-refractivity contribution in [2.24, 2.45) is 0 Å². The van der Waals surface area contributed by atoms with Gasteiger partial charge in [0.15, 0.2) is 6.54 Å². The molecular weight excluding hydrogens is 378 g/mol. The average Bonchev–Trinajstić information content (AvgIpc) is 3.02. The maximum atomic E-state index is 5.92. The van der Waals surface area contributed by atoms with Crippen molar-refractivity contribution in [3.63, 3.8) is 0 Å². The number of quaternary nitrogens is 1. The van der Waals surface area contributed by atoms with Gasteiger partial charge in [0.2, 0.25) is 5.89 Å². The van der Waals surface area contributed by atoms with Gasteiger partial charge < -0.3 is 9.73 Å². The maximum absolute atomic E-state index is 5.92. The summed E-state index contributed by atoms with van der Waals surface area (Å²) >= 11 is 9.41. The lowest BCUT2D eigenvalue weighted by molar-refractivity contribution is -0.709. The molecule has 0 spiro atoms. The minimum atomic E-state index is 0.283. The predicted octanol–water partition coefficient (Wildman–Crippen LogP) is 3.98. The first-order chi connectivity index (χ1) is 11.1. The maximum Gasteiger partial charge on any atom is 0.271 e. The van der Waals surface area contributed by atoms with E-state index in [1.807, 2.05) is 48.5 Å². The monoisotopic (exact) mass is 392 g/mol. The SMILES string of the molecule is C[C@@H]([NH2+]Cc1nnc(-c2ccccc2Br)o1)c1ccc(Cl)cc1. The van der Waals surface area contributed by atoms with E-state index in [0.717, 1.165) is 15.1 Å². The second kappa shape index (κ2) is 7.25. The number of hydrogen-bond acceptors (Lipinski definition) is 3. The molecule has 0 saturated carbocycles. The molecule has 2 N–H and O–H groups in total. The summed E-state index contributed by atoms with van der Waals surface area (Å²) in [4.78, 5) is 0. The fourth-order valence-corrected chi connectivity index (χ4v) is 2.84. The number of halogens is 2. The van der Waals surface area contributed by atoms with Crippen molar-refractivity contribution in [2.75, 3.05) is 0 Å². The van der Waals surface area contributed by atoms with Crippen LogP contribution in [0.3, 0.4) is 0 Å². The Kier molecular flexibility index (Phi) is 5.10.